The molecule has 3 N–H and O–H groups in total. The van der Waals surface area contributed by atoms with E-state index in [9.17, 15) is 19.5 Å². The Labute approximate surface area is 215 Å². The highest BCUT2D eigenvalue weighted by Crippen LogP contribution is 2.25. The number of urea groups is 1. The summed E-state index contributed by atoms with van der Waals surface area (Å²) in [5.74, 6) is 1.10. The minimum Gasteiger partial charge on any atom is -0.496 e. The van der Waals surface area contributed by atoms with Gasteiger partial charge in [-0.15, -0.1) is 0 Å². The van der Waals surface area contributed by atoms with Crippen molar-refractivity contribution in [2.24, 2.45) is 0 Å². The van der Waals surface area contributed by atoms with Crippen LogP contribution in [0.3, 0.4) is 0 Å². The summed E-state index contributed by atoms with van der Waals surface area (Å²) >= 11 is 0. The Morgan fingerprint density at radius 1 is 1.00 bits per heavy atom. The van der Waals surface area contributed by atoms with Crippen molar-refractivity contribution in [3.8, 4) is 17.2 Å². The predicted octanol–water partition coefficient (Wildman–Crippen LogP) is 3.91. The number of aliphatic hydroxyl groups is 1. The van der Waals surface area contributed by atoms with E-state index in [-0.39, 0.29) is 24.6 Å². The second-order valence-electron chi connectivity index (χ2n) is 8.98. The number of amides is 4. The van der Waals surface area contributed by atoms with Crippen LogP contribution in [0.25, 0.3) is 0 Å². The standard InChI is InChI=1S/C28H29N3O6/c1-17(2)20-7-11-22(12-8-20)37-21-9-4-18(5-10-21)15-29-25(32)23-14-19(6-13-24(23)36-3)16-31-27(34)26(33)30-28(31)35/h4-14,17,27,34H,15-16H2,1-3H3,(H,29,32)(H,30,33,35). The van der Waals surface area contributed by atoms with Crippen LogP contribution in [0.2, 0.25) is 0 Å². The van der Waals surface area contributed by atoms with E-state index < -0.39 is 18.2 Å². The molecule has 0 bridgehead atoms. The van der Waals surface area contributed by atoms with Crippen molar-refractivity contribution in [2.45, 2.75) is 39.1 Å². The average Bonchev–Trinajstić information content (AvgIpc) is 3.14. The van der Waals surface area contributed by atoms with Gasteiger partial charge in [0.2, 0.25) is 6.23 Å². The zero-order chi connectivity index (χ0) is 26.5. The molecule has 0 aromatic heterocycles. The third kappa shape index (κ3) is 6.07. The fraction of sp³-hybridized carbons (Fsp3) is 0.250. The van der Waals surface area contributed by atoms with Crippen molar-refractivity contribution < 1.29 is 29.0 Å². The number of methoxy groups -OCH3 is 1. The van der Waals surface area contributed by atoms with E-state index in [1.165, 1.54) is 12.7 Å². The molecule has 4 amide bonds. The zero-order valence-corrected chi connectivity index (χ0v) is 20.9. The van der Waals surface area contributed by atoms with Crippen LogP contribution in [0.15, 0.2) is 66.7 Å². The molecule has 1 aliphatic heterocycles. The molecule has 1 unspecified atom stereocenters. The molecule has 1 fully saturated rings. The van der Waals surface area contributed by atoms with Gasteiger partial charge in [0.15, 0.2) is 0 Å². The lowest BCUT2D eigenvalue weighted by Crippen LogP contribution is -2.34. The van der Waals surface area contributed by atoms with Crippen LogP contribution in [0.4, 0.5) is 4.79 Å². The Hall–Kier alpha value is -4.37. The number of ether oxygens (including phenoxy) is 2. The van der Waals surface area contributed by atoms with Crippen LogP contribution in [-0.2, 0) is 17.9 Å². The van der Waals surface area contributed by atoms with E-state index in [0.717, 1.165) is 16.2 Å². The molecular weight excluding hydrogens is 474 g/mol. The third-order valence-electron chi connectivity index (χ3n) is 6.04. The first-order valence-electron chi connectivity index (χ1n) is 11.9. The van der Waals surface area contributed by atoms with Gasteiger partial charge in [0.1, 0.15) is 17.2 Å². The summed E-state index contributed by atoms with van der Waals surface area (Å²) in [6.45, 7) is 4.51. The number of imide groups is 1. The maximum Gasteiger partial charge on any atom is 0.326 e. The Morgan fingerprint density at radius 2 is 1.62 bits per heavy atom. The monoisotopic (exact) mass is 503 g/mol. The molecule has 9 nitrogen and oxygen atoms in total. The summed E-state index contributed by atoms with van der Waals surface area (Å²) in [7, 11) is 1.46. The normalized spacial score (nSPS) is 15.1. The van der Waals surface area contributed by atoms with Gasteiger partial charge in [-0.1, -0.05) is 44.2 Å². The van der Waals surface area contributed by atoms with Crippen LogP contribution >= 0.6 is 0 Å². The van der Waals surface area contributed by atoms with Gasteiger partial charge in [0, 0.05) is 6.54 Å². The quantitative estimate of drug-likeness (QED) is 0.381. The molecule has 0 aliphatic carbocycles. The van der Waals surface area contributed by atoms with Crippen molar-refractivity contribution in [3.05, 3.63) is 89.0 Å². The smallest absolute Gasteiger partial charge is 0.326 e. The first kappa shape index (κ1) is 25.7. The summed E-state index contributed by atoms with van der Waals surface area (Å²) in [4.78, 5) is 37.3. The minimum atomic E-state index is -1.57. The third-order valence-corrected chi connectivity index (χ3v) is 6.04. The van der Waals surface area contributed by atoms with Gasteiger partial charge in [-0.2, -0.15) is 0 Å². The van der Waals surface area contributed by atoms with Crippen LogP contribution in [0.5, 0.6) is 17.2 Å². The van der Waals surface area contributed by atoms with Gasteiger partial charge in [-0.25, -0.2) is 4.79 Å². The van der Waals surface area contributed by atoms with Gasteiger partial charge >= 0.3 is 6.03 Å². The lowest BCUT2D eigenvalue weighted by molar-refractivity contribution is -0.130. The van der Waals surface area contributed by atoms with Crippen molar-refractivity contribution >= 4 is 17.8 Å². The molecule has 0 saturated carbocycles. The summed E-state index contributed by atoms with van der Waals surface area (Å²) in [5, 5.41) is 14.8. The summed E-state index contributed by atoms with van der Waals surface area (Å²) in [6, 6.07) is 19.5. The van der Waals surface area contributed by atoms with E-state index in [0.29, 0.717) is 23.0 Å². The molecule has 1 saturated heterocycles. The molecule has 1 atom stereocenters. The molecular formula is C28H29N3O6. The van der Waals surface area contributed by atoms with Gasteiger partial charge < -0.3 is 19.9 Å². The molecule has 3 aromatic rings. The molecule has 9 heteroatoms. The van der Waals surface area contributed by atoms with Crippen molar-refractivity contribution in [1.29, 1.82) is 0 Å². The molecule has 37 heavy (non-hydrogen) atoms. The van der Waals surface area contributed by atoms with E-state index in [1.807, 2.05) is 41.7 Å². The van der Waals surface area contributed by atoms with Crippen molar-refractivity contribution in [1.82, 2.24) is 15.5 Å². The first-order chi connectivity index (χ1) is 17.7. The summed E-state index contributed by atoms with van der Waals surface area (Å²) in [5.41, 5.74) is 2.94. The maximum absolute atomic E-state index is 12.9. The lowest BCUT2D eigenvalue weighted by Gasteiger charge is -2.18. The van der Waals surface area contributed by atoms with Gasteiger partial charge in [0.05, 0.1) is 19.2 Å². The van der Waals surface area contributed by atoms with Gasteiger partial charge in [-0.05, 0) is 59.0 Å². The minimum absolute atomic E-state index is 0.0509. The number of carbonyl (C=O) groups is 3. The highest BCUT2D eigenvalue weighted by Gasteiger charge is 2.36. The second-order valence-corrected chi connectivity index (χ2v) is 8.98. The Kier molecular flexibility index (Phi) is 7.74. The second kappa shape index (κ2) is 11.1. The number of nitrogens with zero attached hydrogens (tertiary/aromatic N) is 1. The predicted molar refractivity (Wildman–Crippen MR) is 136 cm³/mol. The number of benzene rings is 3. The SMILES string of the molecule is COc1ccc(CN2C(=O)NC(=O)C2O)cc1C(=O)NCc1ccc(Oc2ccc(C(C)C)cc2)cc1. The van der Waals surface area contributed by atoms with Crippen LogP contribution in [0.1, 0.15) is 46.8 Å². The number of rotatable bonds is 9. The number of hydrogen-bond donors (Lipinski definition) is 3. The first-order valence-corrected chi connectivity index (χ1v) is 11.9. The Bertz CT molecular complexity index is 1290. The fourth-order valence-corrected chi connectivity index (χ4v) is 3.89. The highest BCUT2D eigenvalue weighted by atomic mass is 16.5. The van der Waals surface area contributed by atoms with Gasteiger partial charge in [-0.3, -0.25) is 19.8 Å². The van der Waals surface area contributed by atoms with Crippen molar-refractivity contribution in [3.63, 3.8) is 0 Å². The number of nitrogens with one attached hydrogen (secondary N) is 2. The van der Waals surface area contributed by atoms with Gasteiger partial charge in [0.25, 0.3) is 11.8 Å². The molecule has 1 heterocycles. The molecule has 4 rings (SSSR count). The van der Waals surface area contributed by atoms with Crippen LogP contribution in [-0.4, -0.2) is 41.2 Å². The topological polar surface area (TPSA) is 117 Å². The zero-order valence-electron chi connectivity index (χ0n) is 20.9. The van der Waals surface area contributed by atoms with E-state index >= 15 is 0 Å². The molecule has 192 valence electrons. The maximum atomic E-state index is 12.9. The summed E-state index contributed by atoms with van der Waals surface area (Å²) in [6.07, 6.45) is -1.57. The number of carbonyl (C=O) groups excluding carboxylic acids is 3. The average molecular weight is 504 g/mol. The van der Waals surface area contributed by atoms with E-state index in [1.54, 1.807) is 18.2 Å². The number of hydrogen-bond acceptors (Lipinski definition) is 6. The van der Waals surface area contributed by atoms with E-state index in [4.69, 9.17) is 9.47 Å². The van der Waals surface area contributed by atoms with Crippen LogP contribution < -0.4 is 20.1 Å². The van der Waals surface area contributed by atoms with E-state index in [2.05, 4.69) is 31.3 Å². The molecule has 3 aromatic carbocycles. The number of aliphatic hydroxyl groups excluding tert-OH is 1. The Balaban J connectivity index is 1.38. The fourth-order valence-electron chi connectivity index (χ4n) is 3.89. The Morgan fingerprint density at radius 3 is 2.19 bits per heavy atom. The lowest BCUT2D eigenvalue weighted by atomic mass is 10.0. The van der Waals surface area contributed by atoms with Crippen molar-refractivity contribution in [2.75, 3.05) is 7.11 Å². The highest BCUT2D eigenvalue weighted by molar-refractivity contribution is 6.03. The molecule has 1 aliphatic rings. The van der Waals surface area contributed by atoms with Crippen LogP contribution in [0, 0.1) is 0 Å². The molecule has 0 spiro atoms. The largest absolute Gasteiger partial charge is 0.496 e. The molecule has 0 radical (unpaired) electrons. The summed E-state index contributed by atoms with van der Waals surface area (Å²) < 4.78 is 11.2.